The Morgan fingerprint density at radius 3 is 2.67 bits per heavy atom. The molecule has 0 radical (unpaired) electrons. The normalized spacial score (nSPS) is 11.9. The number of carboxylic acid groups (broad SMARTS) is 1. The van der Waals surface area contributed by atoms with Gasteiger partial charge in [0.05, 0.1) is 17.6 Å². The Balaban J connectivity index is 2.74. The van der Waals surface area contributed by atoms with Gasteiger partial charge in [-0.3, -0.25) is 4.79 Å². The molecule has 0 spiro atoms. The van der Waals surface area contributed by atoms with E-state index in [2.05, 4.69) is 21.2 Å². The van der Waals surface area contributed by atoms with Gasteiger partial charge in [0.1, 0.15) is 0 Å². The lowest BCUT2D eigenvalue weighted by Gasteiger charge is -2.18. The van der Waals surface area contributed by atoms with Crippen molar-refractivity contribution in [3.8, 4) is 6.07 Å². The van der Waals surface area contributed by atoms with E-state index in [0.29, 0.717) is 12.1 Å². The molecule has 0 saturated heterocycles. The molecule has 1 unspecified atom stereocenters. The maximum atomic E-state index is 11.1. The highest BCUT2D eigenvalue weighted by Crippen LogP contribution is 2.24. The van der Waals surface area contributed by atoms with Crippen molar-refractivity contribution in [2.24, 2.45) is 11.8 Å². The number of carbonyl (C=O) groups is 1. The molecule has 4 nitrogen and oxygen atoms in total. The lowest BCUT2D eigenvalue weighted by atomic mass is 9.96. The van der Waals surface area contributed by atoms with Gasteiger partial charge in [-0.25, -0.2) is 0 Å². The smallest absolute Gasteiger partial charge is 0.308 e. The Bertz CT molecular complexity index is 480. The summed E-state index contributed by atoms with van der Waals surface area (Å²) in [7, 11) is 0. The van der Waals surface area contributed by atoms with Gasteiger partial charge in [0.2, 0.25) is 0 Å². The molecule has 1 aromatic carbocycles. The van der Waals surface area contributed by atoms with Gasteiger partial charge in [0.15, 0.2) is 0 Å². The monoisotopic (exact) mass is 310 g/mol. The minimum absolute atomic E-state index is 0.0622. The van der Waals surface area contributed by atoms with E-state index < -0.39 is 11.9 Å². The van der Waals surface area contributed by atoms with Crippen LogP contribution in [0.1, 0.15) is 19.4 Å². The maximum Gasteiger partial charge on any atom is 0.308 e. The SMILES string of the molecule is CC(C)C(CNc1ccc(C#N)cc1Br)C(=O)O. The molecule has 1 rings (SSSR count). The van der Waals surface area contributed by atoms with Gasteiger partial charge in [0.25, 0.3) is 0 Å². The van der Waals surface area contributed by atoms with Crippen molar-refractivity contribution in [2.45, 2.75) is 13.8 Å². The number of aliphatic carboxylic acids is 1. The summed E-state index contributed by atoms with van der Waals surface area (Å²) in [5.74, 6) is -1.18. The molecule has 18 heavy (non-hydrogen) atoms. The highest BCUT2D eigenvalue weighted by Gasteiger charge is 2.21. The van der Waals surface area contributed by atoms with Gasteiger partial charge in [-0.1, -0.05) is 13.8 Å². The predicted molar refractivity (Wildman–Crippen MR) is 73.3 cm³/mol. The molecule has 0 bridgehead atoms. The molecule has 0 fully saturated rings. The van der Waals surface area contributed by atoms with Crippen LogP contribution >= 0.6 is 15.9 Å². The van der Waals surface area contributed by atoms with Crippen molar-refractivity contribution in [2.75, 3.05) is 11.9 Å². The molecule has 96 valence electrons. The second-order valence-electron chi connectivity index (χ2n) is 4.38. The van der Waals surface area contributed by atoms with Gasteiger partial charge in [-0.15, -0.1) is 0 Å². The van der Waals surface area contributed by atoms with E-state index in [9.17, 15) is 4.79 Å². The summed E-state index contributed by atoms with van der Waals surface area (Å²) < 4.78 is 0.759. The average Bonchev–Trinajstić information content (AvgIpc) is 2.30. The number of anilines is 1. The van der Waals surface area contributed by atoms with Crippen molar-refractivity contribution in [3.63, 3.8) is 0 Å². The fraction of sp³-hybridized carbons (Fsp3) is 0.385. The summed E-state index contributed by atoms with van der Waals surface area (Å²) in [6, 6.07) is 7.20. The van der Waals surface area contributed by atoms with Crippen molar-refractivity contribution in [3.05, 3.63) is 28.2 Å². The number of benzene rings is 1. The van der Waals surface area contributed by atoms with E-state index in [1.807, 2.05) is 19.9 Å². The number of hydrogen-bond donors (Lipinski definition) is 2. The van der Waals surface area contributed by atoms with Crippen molar-refractivity contribution >= 4 is 27.6 Å². The van der Waals surface area contributed by atoms with E-state index >= 15 is 0 Å². The van der Waals surface area contributed by atoms with Crippen molar-refractivity contribution in [1.82, 2.24) is 0 Å². The quantitative estimate of drug-likeness (QED) is 0.876. The average molecular weight is 311 g/mol. The first-order valence-corrected chi connectivity index (χ1v) is 6.41. The summed E-state index contributed by atoms with van der Waals surface area (Å²) in [6.07, 6.45) is 0. The summed E-state index contributed by atoms with van der Waals surface area (Å²) in [5, 5.41) is 20.9. The zero-order valence-electron chi connectivity index (χ0n) is 10.3. The van der Waals surface area contributed by atoms with Crippen molar-refractivity contribution in [1.29, 1.82) is 5.26 Å². The molecule has 5 heteroatoms. The molecule has 0 saturated carbocycles. The van der Waals surface area contributed by atoms with E-state index in [1.54, 1.807) is 18.2 Å². The van der Waals surface area contributed by atoms with Crippen LogP contribution < -0.4 is 5.32 Å². The highest BCUT2D eigenvalue weighted by atomic mass is 79.9. The Kier molecular flexibility index (Phi) is 5.17. The standard InChI is InChI=1S/C13H15BrN2O2/c1-8(2)10(13(17)18)7-16-12-4-3-9(6-15)5-11(12)14/h3-5,8,10,16H,7H2,1-2H3,(H,17,18). The number of halogens is 1. The first-order chi connectivity index (χ1) is 8.45. The van der Waals surface area contributed by atoms with Gasteiger partial charge in [-0.2, -0.15) is 5.26 Å². The first-order valence-electron chi connectivity index (χ1n) is 5.62. The van der Waals surface area contributed by atoms with E-state index in [1.165, 1.54) is 0 Å². The van der Waals surface area contributed by atoms with Crippen LogP contribution in [-0.4, -0.2) is 17.6 Å². The first kappa shape index (κ1) is 14.5. The molecular weight excluding hydrogens is 296 g/mol. The van der Waals surface area contributed by atoms with Crippen LogP contribution in [0.2, 0.25) is 0 Å². The summed E-state index contributed by atoms with van der Waals surface area (Å²) in [6.45, 7) is 4.13. The van der Waals surface area contributed by atoms with Crippen LogP contribution in [0.15, 0.2) is 22.7 Å². The summed E-state index contributed by atoms with van der Waals surface area (Å²) in [4.78, 5) is 11.1. The summed E-state index contributed by atoms with van der Waals surface area (Å²) >= 11 is 3.35. The lowest BCUT2D eigenvalue weighted by molar-refractivity contribution is -0.142. The zero-order valence-corrected chi connectivity index (χ0v) is 11.9. The highest BCUT2D eigenvalue weighted by molar-refractivity contribution is 9.10. The van der Waals surface area contributed by atoms with Crippen LogP contribution in [0.5, 0.6) is 0 Å². The third kappa shape index (κ3) is 3.74. The number of carboxylic acids is 1. The Morgan fingerprint density at radius 1 is 1.56 bits per heavy atom. The van der Waals surface area contributed by atoms with E-state index in [4.69, 9.17) is 10.4 Å². The fourth-order valence-corrected chi connectivity index (χ4v) is 2.08. The molecular formula is C13H15BrN2O2. The number of nitriles is 1. The fourth-order valence-electron chi connectivity index (χ4n) is 1.56. The molecule has 0 aliphatic rings. The minimum Gasteiger partial charge on any atom is -0.481 e. The number of hydrogen-bond acceptors (Lipinski definition) is 3. The summed E-state index contributed by atoms with van der Waals surface area (Å²) in [5.41, 5.74) is 1.35. The van der Waals surface area contributed by atoms with Crippen molar-refractivity contribution < 1.29 is 9.90 Å². The zero-order chi connectivity index (χ0) is 13.7. The number of rotatable bonds is 5. The molecule has 0 heterocycles. The third-order valence-corrected chi connectivity index (χ3v) is 3.39. The number of nitrogens with zero attached hydrogens (tertiary/aromatic N) is 1. The van der Waals surface area contributed by atoms with Crippen LogP contribution in [0.25, 0.3) is 0 Å². The lowest BCUT2D eigenvalue weighted by Crippen LogP contribution is -2.27. The Hall–Kier alpha value is -1.54. The third-order valence-electron chi connectivity index (χ3n) is 2.73. The Morgan fingerprint density at radius 2 is 2.22 bits per heavy atom. The molecule has 2 N–H and O–H groups in total. The van der Waals surface area contributed by atoms with Gasteiger partial charge >= 0.3 is 5.97 Å². The van der Waals surface area contributed by atoms with E-state index in [0.717, 1.165) is 10.2 Å². The van der Waals surface area contributed by atoms with Crippen LogP contribution in [0.4, 0.5) is 5.69 Å². The van der Waals surface area contributed by atoms with Crippen LogP contribution in [0.3, 0.4) is 0 Å². The van der Waals surface area contributed by atoms with Crippen LogP contribution in [0, 0.1) is 23.2 Å². The molecule has 0 amide bonds. The second-order valence-corrected chi connectivity index (χ2v) is 5.23. The predicted octanol–water partition coefficient (Wildman–Crippen LogP) is 3.09. The number of nitrogens with one attached hydrogen (secondary N) is 1. The van der Waals surface area contributed by atoms with Gasteiger partial charge in [-0.05, 0) is 40.0 Å². The van der Waals surface area contributed by atoms with Gasteiger partial charge in [0, 0.05) is 16.7 Å². The molecule has 1 atom stereocenters. The topological polar surface area (TPSA) is 73.1 Å². The van der Waals surface area contributed by atoms with Gasteiger partial charge < -0.3 is 10.4 Å². The van der Waals surface area contributed by atoms with E-state index in [-0.39, 0.29) is 5.92 Å². The molecule has 0 aliphatic heterocycles. The molecule has 1 aromatic rings. The molecule has 0 aromatic heterocycles. The Labute approximate surface area is 115 Å². The molecule has 0 aliphatic carbocycles. The van der Waals surface area contributed by atoms with Crippen LogP contribution in [-0.2, 0) is 4.79 Å². The second kappa shape index (κ2) is 6.41. The maximum absolute atomic E-state index is 11.1. The largest absolute Gasteiger partial charge is 0.481 e. The minimum atomic E-state index is -0.803.